The smallest absolute Gasteiger partial charge is 0.307 e. The summed E-state index contributed by atoms with van der Waals surface area (Å²) in [5, 5.41) is 11.5. The van der Waals surface area contributed by atoms with Crippen LogP contribution in [0, 0.1) is 23.2 Å². The first-order valence-corrected chi connectivity index (χ1v) is 5.42. The highest BCUT2D eigenvalue weighted by Gasteiger charge is 2.50. The number of aliphatic carboxylic acids is 1. The monoisotopic (exact) mass is 211 g/mol. The van der Waals surface area contributed by atoms with Crippen molar-refractivity contribution in [1.29, 1.82) is 0 Å². The number of hydrogen-bond donors (Lipinski definition) is 2. The number of nitrogens with one attached hydrogen (secondary N) is 1. The van der Waals surface area contributed by atoms with Crippen LogP contribution in [0.5, 0.6) is 0 Å². The van der Waals surface area contributed by atoms with Gasteiger partial charge in [-0.15, -0.1) is 0 Å². The summed E-state index contributed by atoms with van der Waals surface area (Å²) >= 11 is 0. The van der Waals surface area contributed by atoms with Crippen LogP contribution in [0.4, 0.5) is 0 Å². The highest BCUT2D eigenvalue weighted by atomic mass is 16.4. The van der Waals surface area contributed by atoms with Crippen LogP contribution < -0.4 is 5.32 Å². The van der Waals surface area contributed by atoms with E-state index in [9.17, 15) is 9.59 Å². The van der Waals surface area contributed by atoms with Crippen LogP contribution in [0.25, 0.3) is 0 Å². The van der Waals surface area contributed by atoms with Crippen molar-refractivity contribution in [3.63, 3.8) is 0 Å². The Morgan fingerprint density at radius 3 is 2.40 bits per heavy atom. The fourth-order valence-corrected chi connectivity index (χ4v) is 2.04. The van der Waals surface area contributed by atoms with E-state index in [-0.39, 0.29) is 11.8 Å². The average molecular weight is 211 g/mol. The molecular formula is C11H17NO3. The van der Waals surface area contributed by atoms with Crippen molar-refractivity contribution in [2.24, 2.45) is 23.2 Å². The number of carboxylic acid groups (broad SMARTS) is 1. The topological polar surface area (TPSA) is 66.4 Å². The summed E-state index contributed by atoms with van der Waals surface area (Å²) in [7, 11) is 0. The maximum absolute atomic E-state index is 11.5. The maximum Gasteiger partial charge on any atom is 0.307 e. The van der Waals surface area contributed by atoms with Crippen LogP contribution >= 0.6 is 0 Å². The Kier molecular flexibility index (Phi) is 2.24. The Morgan fingerprint density at radius 1 is 1.40 bits per heavy atom. The number of carbonyl (C=O) groups excluding carboxylic acids is 1. The summed E-state index contributed by atoms with van der Waals surface area (Å²) in [5.74, 6) is -1.06. The van der Waals surface area contributed by atoms with E-state index in [4.69, 9.17) is 5.11 Å². The number of rotatable bonds is 4. The quantitative estimate of drug-likeness (QED) is 0.725. The van der Waals surface area contributed by atoms with Gasteiger partial charge in [-0.3, -0.25) is 9.59 Å². The van der Waals surface area contributed by atoms with E-state index in [1.807, 2.05) is 0 Å². The summed E-state index contributed by atoms with van der Waals surface area (Å²) in [6, 6.07) is 0. The highest BCUT2D eigenvalue weighted by Crippen LogP contribution is 2.51. The van der Waals surface area contributed by atoms with Gasteiger partial charge in [-0.05, 0) is 24.2 Å². The van der Waals surface area contributed by atoms with Crippen LogP contribution in [-0.2, 0) is 9.59 Å². The second-order valence-electron chi connectivity index (χ2n) is 5.42. The summed E-state index contributed by atoms with van der Waals surface area (Å²) in [5.41, 5.74) is 0.364. The van der Waals surface area contributed by atoms with Gasteiger partial charge in [0.1, 0.15) is 0 Å². The molecule has 84 valence electrons. The molecule has 2 saturated carbocycles. The SMILES string of the molecule is CC1(C)CC1CNC(=O)[C@@H]1C[C@@H]1C(=O)O. The van der Waals surface area contributed by atoms with Crippen molar-refractivity contribution in [3.05, 3.63) is 0 Å². The molecule has 0 aromatic carbocycles. The van der Waals surface area contributed by atoms with Crippen molar-refractivity contribution >= 4 is 11.9 Å². The number of carboxylic acids is 1. The van der Waals surface area contributed by atoms with Crippen molar-refractivity contribution in [3.8, 4) is 0 Å². The highest BCUT2D eigenvalue weighted by molar-refractivity contribution is 5.89. The minimum absolute atomic E-state index is 0.0786. The lowest BCUT2D eigenvalue weighted by molar-refractivity contribution is -0.140. The second kappa shape index (κ2) is 3.22. The Hall–Kier alpha value is -1.06. The van der Waals surface area contributed by atoms with Crippen molar-refractivity contribution < 1.29 is 14.7 Å². The van der Waals surface area contributed by atoms with Gasteiger partial charge in [-0.1, -0.05) is 13.8 Å². The summed E-state index contributed by atoms with van der Waals surface area (Å²) < 4.78 is 0. The van der Waals surface area contributed by atoms with Crippen molar-refractivity contribution in [1.82, 2.24) is 5.32 Å². The second-order valence-corrected chi connectivity index (χ2v) is 5.42. The Balaban J connectivity index is 1.69. The lowest BCUT2D eigenvalue weighted by Gasteiger charge is -2.05. The molecule has 0 saturated heterocycles. The molecule has 2 aliphatic carbocycles. The van der Waals surface area contributed by atoms with Gasteiger partial charge < -0.3 is 10.4 Å². The van der Waals surface area contributed by atoms with Gasteiger partial charge in [-0.2, -0.15) is 0 Å². The Labute approximate surface area is 89.0 Å². The Bertz CT molecular complexity index is 311. The third kappa shape index (κ3) is 2.13. The minimum Gasteiger partial charge on any atom is -0.481 e. The first kappa shape index (κ1) is 10.5. The average Bonchev–Trinajstić information content (AvgIpc) is 2.97. The molecule has 0 aliphatic heterocycles. The van der Waals surface area contributed by atoms with Gasteiger partial charge in [0.05, 0.1) is 11.8 Å². The molecule has 2 fully saturated rings. The molecule has 1 amide bonds. The van der Waals surface area contributed by atoms with E-state index in [2.05, 4.69) is 19.2 Å². The summed E-state index contributed by atoms with van der Waals surface area (Å²) in [6.07, 6.45) is 1.66. The van der Waals surface area contributed by atoms with E-state index in [1.165, 1.54) is 0 Å². The Morgan fingerprint density at radius 2 is 2.00 bits per heavy atom. The van der Waals surface area contributed by atoms with Gasteiger partial charge >= 0.3 is 5.97 Å². The molecule has 0 spiro atoms. The van der Waals surface area contributed by atoms with Gasteiger partial charge in [-0.25, -0.2) is 0 Å². The van der Waals surface area contributed by atoms with E-state index in [1.54, 1.807) is 0 Å². The zero-order chi connectivity index (χ0) is 11.2. The predicted octanol–water partition coefficient (Wildman–Crippen LogP) is 0.869. The predicted molar refractivity (Wildman–Crippen MR) is 54.1 cm³/mol. The van der Waals surface area contributed by atoms with E-state index < -0.39 is 11.9 Å². The zero-order valence-electron chi connectivity index (χ0n) is 9.12. The zero-order valence-corrected chi connectivity index (χ0v) is 9.12. The van der Waals surface area contributed by atoms with Crippen LogP contribution in [0.1, 0.15) is 26.7 Å². The lowest BCUT2D eigenvalue weighted by atomic mass is 10.1. The first-order chi connectivity index (χ1) is 6.92. The molecular weight excluding hydrogens is 194 g/mol. The normalized spacial score (nSPS) is 35.7. The number of hydrogen-bond acceptors (Lipinski definition) is 2. The molecule has 3 atom stereocenters. The summed E-state index contributed by atoms with van der Waals surface area (Å²) in [6.45, 7) is 5.07. The number of carbonyl (C=O) groups is 2. The molecule has 0 aromatic rings. The molecule has 0 radical (unpaired) electrons. The molecule has 2 rings (SSSR count). The largest absolute Gasteiger partial charge is 0.481 e. The van der Waals surface area contributed by atoms with Crippen LogP contribution in [-0.4, -0.2) is 23.5 Å². The van der Waals surface area contributed by atoms with Crippen LogP contribution in [0.2, 0.25) is 0 Å². The van der Waals surface area contributed by atoms with Crippen molar-refractivity contribution in [2.75, 3.05) is 6.54 Å². The van der Waals surface area contributed by atoms with E-state index >= 15 is 0 Å². The molecule has 0 bridgehead atoms. The third-order valence-corrected chi connectivity index (χ3v) is 3.68. The fraction of sp³-hybridized carbons (Fsp3) is 0.818. The molecule has 15 heavy (non-hydrogen) atoms. The van der Waals surface area contributed by atoms with Crippen LogP contribution in [0.3, 0.4) is 0 Å². The van der Waals surface area contributed by atoms with Gasteiger partial charge in [0.2, 0.25) is 5.91 Å². The molecule has 2 N–H and O–H groups in total. The standard InChI is InChI=1S/C11H17NO3/c1-11(2)4-6(11)5-12-9(13)7-3-8(7)10(14)15/h6-8H,3-5H2,1-2H3,(H,12,13)(H,14,15)/t6?,7-,8+/m1/s1. The molecule has 0 heterocycles. The van der Waals surface area contributed by atoms with Crippen LogP contribution in [0.15, 0.2) is 0 Å². The van der Waals surface area contributed by atoms with Crippen molar-refractivity contribution in [2.45, 2.75) is 26.7 Å². The first-order valence-electron chi connectivity index (χ1n) is 5.42. The van der Waals surface area contributed by atoms with Gasteiger partial charge in [0.25, 0.3) is 0 Å². The molecule has 1 unspecified atom stereocenters. The molecule has 0 aromatic heterocycles. The van der Waals surface area contributed by atoms with Gasteiger partial charge in [0, 0.05) is 6.54 Å². The lowest BCUT2D eigenvalue weighted by Crippen LogP contribution is -2.29. The minimum atomic E-state index is -0.845. The molecule has 4 nitrogen and oxygen atoms in total. The summed E-state index contributed by atoms with van der Waals surface area (Å²) in [4.78, 5) is 22.0. The van der Waals surface area contributed by atoms with E-state index in [0.717, 1.165) is 6.42 Å². The fourth-order valence-electron chi connectivity index (χ4n) is 2.04. The van der Waals surface area contributed by atoms with E-state index in [0.29, 0.717) is 24.3 Å². The third-order valence-electron chi connectivity index (χ3n) is 3.68. The number of amides is 1. The molecule has 2 aliphatic rings. The molecule has 4 heteroatoms. The maximum atomic E-state index is 11.5. The van der Waals surface area contributed by atoms with Gasteiger partial charge in [0.15, 0.2) is 0 Å².